The van der Waals surface area contributed by atoms with E-state index in [1.165, 1.54) is 42.8 Å². The van der Waals surface area contributed by atoms with E-state index in [0.29, 0.717) is 5.92 Å². The Bertz CT molecular complexity index is 927. The quantitative estimate of drug-likeness (QED) is 0.697. The molecule has 1 amide bonds. The number of pyridine rings is 1. The van der Waals surface area contributed by atoms with Gasteiger partial charge < -0.3 is 9.47 Å². The van der Waals surface area contributed by atoms with Crippen molar-refractivity contribution >= 4 is 28.4 Å². The van der Waals surface area contributed by atoms with Gasteiger partial charge in [0, 0.05) is 25.2 Å². The molecular formula is C20H22N4OS. The van der Waals surface area contributed by atoms with E-state index < -0.39 is 0 Å². The summed E-state index contributed by atoms with van der Waals surface area (Å²) in [4.78, 5) is 25.1. The van der Waals surface area contributed by atoms with Gasteiger partial charge in [0.15, 0.2) is 5.65 Å². The Morgan fingerprint density at radius 3 is 2.85 bits per heavy atom. The van der Waals surface area contributed by atoms with Crippen LogP contribution in [0.4, 0.5) is 0 Å². The van der Waals surface area contributed by atoms with Gasteiger partial charge in [-0.2, -0.15) is 0 Å². The predicted molar refractivity (Wildman–Crippen MR) is 103 cm³/mol. The maximum absolute atomic E-state index is 12.7. The number of rotatable bonds is 3. The van der Waals surface area contributed by atoms with Gasteiger partial charge in [0.2, 0.25) is 0 Å². The molecule has 3 aromatic heterocycles. The van der Waals surface area contributed by atoms with Crippen molar-refractivity contribution in [2.45, 2.75) is 44.1 Å². The summed E-state index contributed by atoms with van der Waals surface area (Å²) in [6.07, 6.45) is 7.83. The topological polar surface area (TPSA) is 51.0 Å². The summed E-state index contributed by atoms with van der Waals surface area (Å²) >= 11 is 1.52. The van der Waals surface area contributed by atoms with Crippen LogP contribution in [-0.2, 0) is 0 Å². The van der Waals surface area contributed by atoms with E-state index in [2.05, 4.69) is 15.6 Å². The van der Waals surface area contributed by atoms with Gasteiger partial charge in [0.1, 0.15) is 11.3 Å². The van der Waals surface area contributed by atoms with Crippen LogP contribution in [0.25, 0.3) is 11.2 Å². The first-order valence-corrected chi connectivity index (χ1v) is 10.3. The van der Waals surface area contributed by atoms with Gasteiger partial charge in [0.05, 0.1) is 10.9 Å². The average Bonchev–Trinajstić information content (AvgIpc) is 3.47. The van der Waals surface area contributed by atoms with Crippen molar-refractivity contribution < 1.29 is 4.79 Å². The molecule has 1 aliphatic carbocycles. The van der Waals surface area contributed by atoms with Crippen LogP contribution >= 0.6 is 11.3 Å². The number of likely N-dealkylation sites (tertiary alicyclic amines) is 1. The van der Waals surface area contributed by atoms with Crippen molar-refractivity contribution in [1.29, 1.82) is 0 Å². The largest absolute Gasteiger partial charge is 0.336 e. The number of hydrogen-bond acceptors (Lipinski definition) is 4. The fraction of sp³-hybridized carbons (Fsp3) is 0.450. The number of fused-ring (bicyclic) bond motifs is 1. The van der Waals surface area contributed by atoms with Gasteiger partial charge in [-0.1, -0.05) is 18.9 Å². The van der Waals surface area contributed by atoms with Crippen LogP contribution in [0.15, 0.2) is 35.8 Å². The molecule has 0 radical (unpaired) electrons. The lowest BCUT2D eigenvalue weighted by Crippen LogP contribution is -2.28. The van der Waals surface area contributed by atoms with Crippen LogP contribution in [0, 0.1) is 0 Å². The summed E-state index contributed by atoms with van der Waals surface area (Å²) in [6.45, 7) is 1.55. The molecule has 134 valence electrons. The molecule has 6 heteroatoms. The maximum atomic E-state index is 12.7. The number of thiophene rings is 1. The van der Waals surface area contributed by atoms with Gasteiger partial charge in [-0.05, 0) is 42.8 Å². The third kappa shape index (κ3) is 2.63. The zero-order valence-electron chi connectivity index (χ0n) is 14.7. The second-order valence-corrected chi connectivity index (χ2v) is 8.29. The van der Waals surface area contributed by atoms with Crippen molar-refractivity contribution in [2.24, 2.45) is 0 Å². The standard InChI is InChI=1S/C20H22N4OS/c25-20(17-8-4-12-26-17)23-11-9-15(13-23)24-18(14-5-1-2-6-14)22-16-7-3-10-21-19(16)24/h3-4,7-8,10,12,14-15H,1-2,5-6,9,11,13H2/t15-/m1/s1. The zero-order chi connectivity index (χ0) is 17.5. The number of amides is 1. The van der Waals surface area contributed by atoms with E-state index in [9.17, 15) is 4.79 Å². The maximum Gasteiger partial charge on any atom is 0.263 e. The number of imidazole rings is 1. The first-order valence-electron chi connectivity index (χ1n) is 9.47. The summed E-state index contributed by atoms with van der Waals surface area (Å²) in [5.74, 6) is 1.88. The van der Waals surface area contributed by atoms with E-state index >= 15 is 0 Å². The van der Waals surface area contributed by atoms with Gasteiger partial charge >= 0.3 is 0 Å². The van der Waals surface area contributed by atoms with Crippen LogP contribution in [-0.4, -0.2) is 38.4 Å². The smallest absolute Gasteiger partial charge is 0.263 e. The lowest BCUT2D eigenvalue weighted by Gasteiger charge is -2.20. The van der Waals surface area contributed by atoms with E-state index in [1.807, 2.05) is 34.7 Å². The van der Waals surface area contributed by atoms with Gasteiger partial charge in [-0.15, -0.1) is 11.3 Å². The zero-order valence-corrected chi connectivity index (χ0v) is 15.5. The van der Waals surface area contributed by atoms with Gasteiger partial charge in [0.25, 0.3) is 5.91 Å². The summed E-state index contributed by atoms with van der Waals surface area (Å²) in [5.41, 5.74) is 1.96. The molecule has 0 unspecified atom stereocenters. The number of hydrogen-bond donors (Lipinski definition) is 0. The Morgan fingerprint density at radius 1 is 1.15 bits per heavy atom. The molecule has 0 aromatic carbocycles. The van der Waals surface area contributed by atoms with Crippen LogP contribution < -0.4 is 0 Å². The molecular weight excluding hydrogens is 344 g/mol. The lowest BCUT2D eigenvalue weighted by atomic mass is 10.1. The van der Waals surface area contributed by atoms with Crippen molar-refractivity contribution in [3.8, 4) is 0 Å². The summed E-state index contributed by atoms with van der Waals surface area (Å²) in [5, 5.41) is 1.96. The average molecular weight is 366 g/mol. The Morgan fingerprint density at radius 2 is 2.04 bits per heavy atom. The van der Waals surface area contributed by atoms with E-state index in [-0.39, 0.29) is 11.9 Å². The molecule has 0 spiro atoms. The highest BCUT2D eigenvalue weighted by atomic mass is 32.1. The molecule has 1 saturated carbocycles. The SMILES string of the molecule is O=C(c1cccs1)N1CC[C@@H](n2c(C3CCCC3)nc3cccnc32)C1. The third-order valence-electron chi connectivity index (χ3n) is 5.74. The van der Waals surface area contributed by atoms with Crippen molar-refractivity contribution in [2.75, 3.05) is 13.1 Å². The van der Waals surface area contributed by atoms with Crippen LogP contribution in [0.1, 0.15) is 59.6 Å². The van der Waals surface area contributed by atoms with Crippen LogP contribution in [0.3, 0.4) is 0 Å². The minimum atomic E-state index is 0.155. The second-order valence-electron chi connectivity index (χ2n) is 7.34. The first kappa shape index (κ1) is 16.0. The molecule has 0 bridgehead atoms. The molecule has 4 heterocycles. The fourth-order valence-corrected chi connectivity index (χ4v) is 5.16. The Hall–Kier alpha value is -2.21. The Labute approximate surface area is 156 Å². The van der Waals surface area contributed by atoms with Crippen molar-refractivity contribution in [1.82, 2.24) is 19.4 Å². The van der Waals surface area contributed by atoms with E-state index in [0.717, 1.165) is 35.6 Å². The second kappa shape index (κ2) is 6.50. The molecule has 26 heavy (non-hydrogen) atoms. The number of carbonyl (C=O) groups is 1. The highest BCUT2D eigenvalue weighted by molar-refractivity contribution is 7.12. The molecule has 5 nitrogen and oxygen atoms in total. The molecule has 1 saturated heterocycles. The summed E-state index contributed by atoms with van der Waals surface area (Å²) in [7, 11) is 0. The van der Waals surface area contributed by atoms with Crippen LogP contribution in [0.2, 0.25) is 0 Å². The van der Waals surface area contributed by atoms with Gasteiger partial charge in [-0.25, -0.2) is 9.97 Å². The minimum absolute atomic E-state index is 0.155. The molecule has 2 aliphatic rings. The Kier molecular flexibility index (Phi) is 4.00. The molecule has 2 fully saturated rings. The highest BCUT2D eigenvalue weighted by Gasteiger charge is 2.33. The minimum Gasteiger partial charge on any atom is -0.336 e. The number of carbonyl (C=O) groups excluding carboxylic acids is 1. The van der Waals surface area contributed by atoms with E-state index in [4.69, 9.17) is 4.98 Å². The summed E-state index contributed by atoms with van der Waals surface area (Å²) in [6, 6.07) is 8.14. The molecule has 3 aromatic rings. The van der Waals surface area contributed by atoms with Gasteiger partial charge in [-0.3, -0.25) is 4.79 Å². The normalized spacial score (nSPS) is 21.1. The third-order valence-corrected chi connectivity index (χ3v) is 6.60. The summed E-state index contributed by atoms with van der Waals surface area (Å²) < 4.78 is 2.35. The fourth-order valence-electron chi connectivity index (χ4n) is 4.47. The highest BCUT2D eigenvalue weighted by Crippen LogP contribution is 2.38. The predicted octanol–water partition coefficient (Wildman–Crippen LogP) is 4.24. The number of nitrogens with zero attached hydrogens (tertiary/aromatic N) is 4. The number of aromatic nitrogens is 3. The molecule has 5 rings (SSSR count). The van der Waals surface area contributed by atoms with Crippen LogP contribution in [0.5, 0.6) is 0 Å². The Balaban J connectivity index is 1.49. The van der Waals surface area contributed by atoms with Crippen molar-refractivity contribution in [3.05, 3.63) is 46.5 Å². The molecule has 1 atom stereocenters. The van der Waals surface area contributed by atoms with E-state index in [1.54, 1.807) is 0 Å². The lowest BCUT2D eigenvalue weighted by molar-refractivity contribution is 0.0792. The monoisotopic (exact) mass is 366 g/mol. The molecule has 0 N–H and O–H groups in total. The molecule has 1 aliphatic heterocycles. The first-order chi connectivity index (χ1) is 12.8. The van der Waals surface area contributed by atoms with Crippen molar-refractivity contribution in [3.63, 3.8) is 0 Å².